The smallest absolute Gasteiger partial charge is 0.123 e. The fourth-order valence-electron chi connectivity index (χ4n) is 1.47. The van der Waals surface area contributed by atoms with E-state index in [1.165, 1.54) is 12.1 Å². The molecule has 1 rings (SSSR count). The lowest BCUT2D eigenvalue weighted by atomic mass is 9.98. The number of aliphatic hydroxyl groups excluding tert-OH is 2. The molecule has 17 heavy (non-hydrogen) atoms. The molecule has 0 aliphatic rings. The van der Waals surface area contributed by atoms with Gasteiger partial charge < -0.3 is 15.9 Å². The van der Waals surface area contributed by atoms with Crippen molar-refractivity contribution in [1.29, 1.82) is 0 Å². The molecular formula is C10H13FN4O2. The van der Waals surface area contributed by atoms with Gasteiger partial charge in [-0.1, -0.05) is 11.2 Å². The summed E-state index contributed by atoms with van der Waals surface area (Å²) in [7, 11) is 0. The van der Waals surface area contributed by atoms with E-state index in [9.17, 15) is 14.6 Å². The number of halogens is 1. The molecule has 2 atom stereocenters. The Bertz CT molecular complexity index is 434. The highest BCUT2D eigenvalue weighted by Crippen LogP contribution is 2.22. The van der Waals surface area contributed by atoms with E-state index >= 15 is 0 Å². The third-order valence-electron chi connectivity index (χ3n) is 2.34. The van der Waals surface area contributed by atoms with Crippen LogP contribution in [0.5, 0.6) is 0 Å². The second-order valence-electron chi connectivity index (χ2n) is 3.47. The quantitative estimate of drug-likeness (QED) is 0.405. The van der Waals surface area contributed by atoms with Crippen molar-refractivity contribution in [2.45, 2.75) is 18.8 Å². The fraction of sp³-hybridized carbons (Fsp3) is 0.400. The first-order chi connectivity index (χ1) is 8.10. The first-order valence-electron chi connectivity index (χ1n) is 4.95. The molecule has 0 amide bonds. The maximum Gasteiger partial charge on any atom is 0.123 e. The first kappa shape index (κ1) is 13.4. The molecule has 6 nitrogen and oxygen atoms in total. The van der Waals surface area contributed by atoms with Crippen molar-refractivity contribution in [3.05, 3.63) is 45.6 Å². The Morgan fingerprint density at radius 1 is 1.47 bits per heavy atom. The fourth-order valence-corrected chi connectivity index (χ4v) is 1.47. The van der Waals surface area contributed by atoms with Crippen LogP contribution in [0.3, 0.4) is 0 Å². The minimum absolute atomic E-state index is 0.0401. The van der Waals surface area contributed by atoms with Crippen LogP contribution in [0.15, 0.2) is 23.3 Å². The zero-order valence-corrected chi connectivity index (χ0v) is 8.99. The standard InChI is InChI=1S/C10H13FN4O2/c11-7-1-2-8(6(3-7)4-12)10(17)9(16)5-14-15-13/h1-3,9-10,16-17H,4-5,12H2. The Hall–Kier alpha value is -1.66. The van der Waals surface area contributed by atoms with E-state index in [4.69, 9.17) is 11.3 Å². The van der Waals surface area contributed by atoms with Gasteiger partial charge in [0.1, 0.15) is 11.9 Å². The van der Waals surface area contributed by atoms with Gasteiger partial charge in [0.05, 0.1) is 12.6 Å². The van der Waals surface area contributed by atoms with Gasteiger partial charge in [-0.2, -0.15) is 0 Å². The lowest BCUT2D eigenvalue weighted by Crippen LogP contribution is -2.22. The molecular weight excluding hydrogens is 227 g/mol. The summed E-state index contributed by atoms with van der Waals surface area (Å²) in [5, 5.41) is 22.5. The van der Waals surface area contributed by atoms with Crippen LogP contribution < -0.4 is 5.73 Å². The van der Waals surface area contributed by atoms with Crippen molar-refractivity contribution in [1.82, 2.24) is 0 Å². The molecule has 0 saturated carbocycles. The lowest BCUT2D eigenvalue weighted by Gasteiger charge is -2.19. The van der Waals surface area contributed by atoms with Gasteiger partial charge in [0.15, 0.2) is 0 Å². The molecule has 0 fully saturated rings. The Balaban J connectivity index is 2.94. The Morgan fingerprint density at radius 3 is 2.76 bits per heavy atom. The van der Waals surface area contributed by atoms with Crippen LogP contribution in [0.1, 0.15) is 17.2 Å². The number of hydrogen-bond donors (Lipinski definition) is 3. The Morgan fingerprint density at radius 2 is 2.18 bits per heavy atom. The van der Waals surface area contributed by atoms with Crippen LogP contribution in [0.4, 0.5) is 4.39 Å². The summed E-state index contributed by atoms with van der Waals surface area (Å²) in [6.45, 7) is -0.225. The van der Waals surface area contributed by atoms with Gasteiger partial charge >= 0.3 is 0 Å². The summed E-state index contributed by atoms with van der Waals surface area (Å²) in [6.07, 6.45) is -2.51. The summed E-state index contributed by atoms with van der Waals surface area (Å²) in [6, 6.07) is 3.71. The van der Waals surface area contributed by atoms with Crippen LogP contribution in [0.25, 0.3) is 10.4 Å². The van der Waals surface area contributed by atoms with Crippen molar-refractivity contribution in [3.8, 4) is 0 Å². The summed E-state index contributed by atoms with van der Waals surface area (Å²) >= 11 is 0. The highest BCUT2D eigenvalue weighted by atomic mass is 19.1. The Kier molecular flexibility index (Phi) is 4.86. The van der Waals surface area contributed by atoms with Gasteiger partial charge in [-0.25, -0.2) is 4.39 Å². The van der Waals surface area contributed by atoms with Crippen molar-refractivity contribution < 1.29 is 14.6 Å². The van der Waals surface area contributed by atoms with E-state index in [1.807, 2.05) is 0 Å². The maximum atomic E-state index is 12.9. The van der Waals surface area contributed by atoms with Gasteiger partial charge in [0.2, 0.25) is 0 Å². The van der Waals surface area contributed by atoms with Crippen LogP contribution >= 0.6 is 0 Å². The molecule has 92 valence electrons. The molecule has 0 aliphatic heterocycles. The molecule has 4 N–H and O–H groups in total. The molecule has 0 aromatic heterocycles. The van der Waals surface area contributed by atoms with Crippen LogP contribution in [-0.2, 0) is 6.54 Å². The summed E-state index contributed by atoms with van der Waals surface area (Å²) in [5.74, 6) is -0.467. The SMILES string of the molecule is [N-]=[N+]=NCC(O)C(O)c1ccc(F)cc1CN. The third-order valence-corrected chi connectivity index (χ3v) is 2.34. The average Bonchev–Trinajstić information content (AvgIpc) is 2.34. The molecule has 0 heterocycles. The maximum absolute atomic E-state index is 12.9. The van der Waals surface area contributed by atoms with Crippen molar-refractivity contribution >= 4 is 0 Å². The average molecular weight is 240 g/mol. The van der Waals surface area contributed by atoms with Crippen molar-refractivity contribution in [2.24, 2.45) is 10.8 Å². The minimum Gasteiger partial charge on any atom is -0.390 e. The van der Waals surface area contributed by atoms with Gasteiger partial charge in [-0.05, 0) is 28.8 Å². The number of nitrogens with zero attached hydrogens (tertiary/aromatic N) is 3. The highest BCUT2D eigenvalue weighted by Gasteiger charge is 2.20. The molecule has 0 bridgehead atoms. The van der Waals surface area contributed by atoms with E-state index in [2.05, 4.69) is 10.0 Å². The second-order valence-corrected chi connectivity index (χ2v) is 3.47. The van der Waals surface area contributed by atoms with Crippen LogP contribution in [-0.4, -0.2) is 22.9 Å². The second kappa shape index (κ2) is 6.17. The summed E-state index contributed by atoms with van der Waals surface area (Å²) in [4.78, 5) is 2.48. The first-order valence-corrected chi connectivity index (χ1v) is 4.95. The van der Waals surface area contributed by atoms with Gasteiger partial charge in [-0.15, -0.1) is 0 Å². The van der Waals surface area contributed by atoms with Gasteiger partial charge in [0.25, 0.3) is 0 Å². The molecule has 0 aliphatic carbocycles. The van der Waals surface area contributed by atoms with Crippen LogP contribution in [0, 0.1) is 5.82 Å². The van der Waals surface area contributed by atoms with E-state index in [0.717, 1.165) is 6.07 Å². The zero-order chi connectivity index (χ0) is 12.8. The lowest BCUT2D eigenvalue weighted by molar-refractivity contribution is 0.0238. The van der Waals surface area contributed by atoms with Crippen molar-refractivity contribution in [3.63, 3.8) is 0 Å². The molecule has 0 saturated heterocycles. The monoisotopic (exact) mass is 240 g/mol. The van der Waals surface area contributed by atoms with Crippen molar-refractivity contribution in [2.75, 3.05) is 6.54 Å². The number of aliphatic hydroxyl groups is 2. The number of hydrogen-bond acceptors (Lipinski definition) is 4. The predicted molar refractivity (Wildman–Crippen MR) is 59.3 cm³/mol. The van der Waals surface area contributed by atoms with E-state index in [0.29, 0.717) is 11.1 Å². The number of azide groups is 1. The predicted octanol–water partition coefficient (Wildman–Crippen LogP) is 0.989. The topological polar surface area (TPSA) is 115 Å². The minimum atomic E-state index is -1.26. The molecule has 1 aromatic carbocycles. The highest BCUT2D eigenvalue weighted by molar-refractivity contribution is 5.30. The summed E-state index contributed by atoms with van der Waals surface area (Å²) in [5.41, 5.74) is 14.2. The summed E-state index contributed by atoms with van der Waals surface area (Å²) < 4.78 is 12.9. The molecule has 0 spiro atoms. The number of benzene rings is 1. The largest absolute Gasteiger partial charge is 0.390 e. The van der Waals surface area contributed by atoms with Crippen LogP contribution in [0.2, 0.25) is 0 Å². The molecule has 0 radical (unpaired) electrons. The van der Waals surface area contributed by atoms with E-state index in [-0.39, 0.29) is 13.1 Å². The third kappa shape index (κ3) is 3.40. The van der Waals surface area contributed by atoms with Gasteiger partial charge in [-0.3, -0.25) is 0 Å². The Labute approximate surface area is 97.1 Å². The number of nitrogens with two attached hydrogens (primary N) is 1. The molecule has 2 unspecified atom stereocenters. The van der Waals surface area contributed by atoms with Gasteiger partial charge in [0, 0.05) is 11.5 Å². The normalized spacial score (nSPS) is 13.9. The zero-order valence-electron chi connectivity index (χ0n) is 8.99. The van der Waals surface area contributed by atoms with E-state index < -0.39 is 18.0 Å². The number of rotatable bonds is 5. The molecule has 7 heteroatoms. The van der Waals surface area contributed by atoms with E-state index in [1.54, 1.807) is 0 Å². The molecule has 1 aromatic rings.